The number of carbonyl (C=O) groups is 1. The summed E-state index contributed by atoms with van der Waals surface area (Å²) in [6.45, 7) is 3.07. The lowest BCUT2D eigenvalue weighted by Crippen LogP contribution is -2.39. The fourth-order valence-corrected chi connectivity index (χ4v) is 3.38. The average Bonchev–Trinajstić information content (AvgIpc) is 3.18. The van der Waals surface area contributed by atoms with Crippen LogP contribution in [0.4, 0.5) is 0 Å². The number of hydrogen-bond acceptors (Lipinski definition) is 6. The molecule has 0 bridgehead atoms. The van der Waals surface area contributed by atoms with Crippen LogP contribution in [0.15, 0.2) is 55.2 Å². The predicted molar refractivity (Wildman–Crippen MR) is 98.6 cm³/mol. The number of amides is 1. The Morgan fingerprint density at radius 2 is 2.11 bits per heavy atom. The van der Waals surface area contributed by atoms with Crippen molar-refractivity contribution >= 4 is 5.91 Å². The van der Waals surface area contributed by atoms with Crippen LogP contribution in [0.5, 0.6) is 0 Å². The van der Waals surface area contributed by atoms with Crippen LogP contribution >= 0.6 is 0 Å². The van der Waals surface area contributed by atoms with E-state index in [0.717, 1.165) is 31.7 Å². The summed E-state index contributed by atoms with van der Waals surface area (Å²) in [5.41, 5.74) is 2.57. The first-order valence-corrected chi connectivity index (χ1v) is 8.98. The number of aromatic nitrogens is 5. The van der Waals surface area contributed by atoms with Gasteiger partial charge < -0.3 is 5.32 Å². The summed E-state index contributed by atoms with van der Waals surface area (Å²) in [6, 6.07) is 8.24. The second-order valence-electron chi connectivity index (χ2n) is 6.55. The molecule has 138 valence electrons. The lowest BCUT2D eigenvalue weighted by atomic mass is 10.1. The zero-order chi connectivity index (χ0) is 18.5. The number of nitrogens with zero attached hydrogens (tertiary/aromatic N) is 6. The van der Waals surface area contributed by atoms with Crippen LogP contribution in [0, 0.1) is 0 Å². The number of carbonyl (C=O) groups excluding carboxylic acids is 1. The maximum atomic E-state index is 12.1. The molecule has 8 heteroatoms. The van der Waals surface area contributed by atoms with Gasteiger partial charge in [-0.3, -0.25) is 24.3 Å². The molecule has 0 saturated carbocycles. The lowest BCUT2D eigenvalue weighted by Gasteiger charge is -2.33. The first kappa shape index (κ1) is 17.3. The minimum Gasteiger partial charge on any atom is -0.351 e. The van der Waals surface area contributed by atoms with Crippen LogP contribution in [-0.2, 0) is 13.1 Å². The summed E-state index contributed by atoms with van der Waals surface area (Å²) in [7, 11) is 0. The van der Waals surface area contributed by atoms with Crippen molar-refractivity contribution in [3.8, 4) is 0 Å². The topological polar surface area (TPSA) is 88.8 Å². The van der Waals surface area contributed by atoms with Crippen molar-refractivity contribution in [3.05, 3.63) is 72.3 Å². The van der Waals surface area contributed by atoms with Crippen molar-refractivity contribution in [1.82, 2.24) is 34.9 Å². The zero-order valence-electron chi connectivity index (χ0n) is 14.9. The molecule has 0 saturated heterocycles. The largest absolute Gasteiger partial charge is 0.351 e. The van der Waals surface area contributed by atoms with Gasteiger partial charge in [0, 0.05) is 51.0 Å². The van der Waals surface area contributed by atoms with E-state index in [1.54, 1.807) is 6.20 Å². The summed E-state index contributed by atoms with van der Waals surface area (Å²) < 4.78 is 2.07. The Kier molecular flexibility index (Phi) is 5.15. The van der Waals surface area contributed by atoms with Gasteiger partial charge in [-0.1, -0.05) is 6.07 Å². The average molecular weight is 363 g/mol. The lowest BCUT2D eigenvalue weighted by molar-refractivity contribution is 0.0941. The molecule has 8 nitrogen and oxygen atoms in total. The first-order chi connectivity index (χ1) is 13.3. The summed E-state index contributed by atoms with van der Waals surface area (Å²) in [4.78, 5) is 26.9. The van der Waals surface area contributed by atoms with Gasteiger partial charge in [0.05, 0.1) is 23.6 Å². The summed E-state index contributed by atoms with van der Waals surface area (Å²) in [5.74, 6) is -0.204. The highest BCUT2D eigenvalue weighted by atomic mass is 16.1. The Bertz CT molecular complexity index is 881. The van der Waals surface area contributed by atoms with Gasteiger partial charge in [0.2, 0.25) is 0 Å². The van der Waals surface area contributed by atoms with E-state index in [9.17, 15) is 4.79 Å². The number of fused-ring (bicyclic) bond motifs is 1. The minimum absolute atomic E-state index is 0.203. The number of pyridine rings is 1. The molecule has 0 unspecified atom stereocenters. The predicted octanol–water partition coefficient (Wildman–Crippen LogP) is 1.45. The monoisotopic (exact) mass is 363 g/mol. The van der Waals surface area contributed by atoms with Crippen LogP contribution in [0.1, 0.15) is 34.3 Å². The highest BCUT2D eigenvalue weighted by Crippen LogP contribution is 2.23. The Hall–Kier alpha value is -3.13. The van der Waals surface area contributed by atoms with Gasteiger partial charge in [-0.15, -0.1) is 0 Å². The number of rotatable bonds is 6. The second-order valence-corrected chi connectivity index (χ2v) is 6.55. The molecule has 27 heavy (non-hydrogen) atoms. The van der Waals surface area contributed by atoms with Gasteiger partial charge in [-0.05, 0) is 24.6 Å². The standard InChI is InChI=1S/C19H21N7O/c27-19(18-11-20-9-10-22-18)23-7-4-16-13-25(12-15-3-1-2-6-21-15)14-17-5-8-24-26(16)17/h1-3,5-6,8-11,16H,4,7,12-14H2,(H,23,27)/t16-/m1/s1. The maximum absolute atomic E-state index is 12.1. The van der Waals surface area contributed by atoms with Crippen LogP contribution in [-0.4, -0.2) is 48.6 Å². The van der Waals surface area contributed by atoms with E-state index in [1.807, 2.05) is 30.6 Å². The molecule has 1 amide bonds. The zero-order valence-corrected chi connectivity index (χ0v) is 14.9. The van der Waals surface area contributed by atoms with Gasteiger partial charge in [-0.2, -0.15) is 5.10 Å². The van der Waals surface area contributed by atoms with E-state index in [-0.39, 0.29) is 11.9 Å². The molecule has 0 spiro atoms. The van der Waals surface area contributed by atoms with E-state index >= 15 is 0 Å². The van der Waals surface area contributed by atoms with Crippen LogP contribution < -0.4 is 5.32 Å². The molecule has 1 aliphatic heterocycles. The SMILES string of the molecule is O=C(NCC[C@@H]1CN(Cc2ccccn2)Cc2ccnn21)c1cnccn1. The third-order valence-electron chi connectivity index (χ3n) is 4.62. The quantitative estimate of drug-likeness (QED) is 0.713. The summed E-state index contributed by atoms with van der Waals surface area (Å²) >= 11 is 0. The van der Waals surface area contributed by atoms with Crippen LogP contribution in [0.2, 0.25) is 0 Å². The fraction of sp³-hybridized carbons (Fsp3) is 0.316. The van der Waals surface area contributed by atoms with Gasteiger partial charge in [0.1, 0.15) is 5.69 Å². The molecule has 1 N–H and O–H groups in total. The Labute approximate surface area is 157 Å². The molecule has 0 radical (unpaired) electrons. The Morgan fingerprint density at radius 3 is 2.93 bits per heavy atom. The van der Waals surface area contributed by atoms with Crippen LogP contribution in [0.25, 0.3) is 0 Å². The smallest absolute Gasteiger partial charge is 0.271 e. The van der Waals surface area contributed by atoms with Crippen molar-refractivity contribution in [1.29, 1.82) is 0 Å². The molecule has 1 atom stereocenters. The maximum Gasteiger partial charge on any atom is 0.271 e. The molecule has 3 aromatic rings. The van der Waals surface area contributed by atoms with Gasteiger partial charge >= 0.3 is 0 Å². The van der Waals surface area contributed by atoms with Crippen molar-refractivity contribution < 1.29 is 4.79 Å². The van der Waals surface area contributed by atoms with E-state index in [4.69, 9.17) is 0 Å². The van der Waals surface area contributed by atoms with Gasteiger partial charge in [0.15, 0.2) is 0 Å². The van der Waals surface area contributed by atoms with E-state index in [2.05, 4.69) is 41.0 Å². The minimum atomic E-state index is -0.204. The Balaban J connectivity index is 1.37. The molecule has 0 aliphatic carbocycles. The molecule has 4 heterocycles. The summed E-state index contributed by atoms with van der Waals surface area (Å²) in [5, 5.41) is 7.40. The molecule has 3 aromatic heterocycles. The Morgan fingerprint density at radius 1 is 1.15 bits per heavy atom. The molecule has 0 aromatic carbocycles. The molecule has 1 aliphatic rings. The highest BCUT2D eigenvalue weighted by Gasteiger charge is 2.25. The van der Waals surface area contributed by atoms with E-state index in [1.165, 1.54) is 18.1 Å². The molecule has 0 fully saturated rings. The van der Waals surface area contributed by atoms with E-state index < -0.39 is 0 Å². The third kappa shape index (κ3) is 4.17. The normalized spacial score (nSPS) is 16.7. The van der Waals surface area contributed by atoms with Crippen LogP contribution in [0.3, 0.4) is 0 Å². The van der Waals surface area contributed by atoms with Crippen molar-refractivity contribution in [3.63, 3.8) is 0 Å². The number of hydrogen-bond donors (Lipinski definition) is 1. The fourth-order valence-electron chi connectivity index (χ4n) is 3.38. The molecular weight excluding hydrogens is 342 g/mol. The van der Waals surface area contributed by atoms with Gasteiger partial charge in [-0.25, -0.2) is 4.98 Å². The third-order valence-corrected chi connectivity index (χ3v) is 4.62. The molecular formula is C19H21N7O. The van der Waals surface area contributed by atoms with E-state index in [0.29, 0.717) is 12.2 Å². The van der Waals surface area contributed by atoms with Crippen molar-refractivity contribution in [2.24, 2.45) is 0 Å². The first-order valence-electron chi connectivity index (χ1n) is 8.98. The van der Waals surface area contributed by atoms with Crippen molar-refractivity contribution in [2.75, 3.05) is 13.1 Å². The van der Waals surface area contributed by atoms with Crippen molar-refractivity contribution in [2.45, 2.75) is 25.6 Å². The van der Waals surface area contributed by atoms with Gasteiger partial charge in [0.25, 0.3) is 5.91 Å². The number of nitrogens with one attached hydrogen (secondary N) is 1. The second kappa shape index (κ2) is 8.05. The summed E-state index contributed by atoms with van der Waals surface area (Å²) in [6.07, 6.45) is 8.99. The molecule has 4 rings (SSSR count). The highest BCUT2D eigenvalue weighted by molar-refractivity contribution is 5.91.